The highest BCUT2D eigenvalue weighted by Crippen LogP contribution is 2.20. The molecule has 2 aromatic heterocycles. The lowest BCUT2D eigenvalue weighted by molar-refractivity contribution is 0.0844. The summed E-state index contributed by atoms with van der Waals surface area (Å²) in [7, 11) is 0. The number of amides is 1. The Balaban J connectivity index is 2.31. The second kappa shape index (κ2) is 4.99. The second-order valence-corrected chi connectivity index (χ2v) is 5.28. The van der Waals surface area contributed by atoms with Crippen molar-refractivity contribution >= 4 is 27.5 Å². The van der Waals surface area contributed by atoms with Gasteiger partial charge in [0, 0.05) is 5.39 Å². The van der Waals surface area contributed by atoms with Crippen molar-refractivity contribution in [2.45, 2.75) is 25.8 Å². The maximum Gasteiger partial charge on any atom is 0.271 e. The summed E-state index contributed by atoms with van der Waals surface area (Å²) in [6.07, 6.45) is 2.03. The van der Waals surface area contributed by atoms with E-state index in [1.54, 1.807) is 6.92 Å². The largest absolute Gasteiger partial charge is 0.394 e. The fourth-order valence-corrected chi connectivity index (χ4v) is 2.28. The molecule has 0 aromatic carbocycles. The summed E-state index contributed by atoms with van der Waals surface area (Å²) in [5.41, 5.74) is -0.265. The SMILES string of the molecule is CCC(C)(CO)NC(=O)c1ncnc2sccc12. The predicted molar refractivity (Wildman–Crippen MR) is 70.7 cm³/mol. The number of aliphatic hydroxyl groups is 1. The van der Waals surface area contributed by atoms with Crippen molar-refractivity contribution in [1.82, 2.24) is 15.3 Å². The van der Waals surface area contributed by atoms with E-state index in [1.165, 1.54) is 17.7 Å². The van der Waals surface area contributed by atoms with E-state index in [1.807, 2.05) is 18.4 Å². The molecule has 18 heavy (non-hydrogen) atoms. The van der Waals surface area contributed by atoms with Crippen LogP contribution in [0, 0.1) is 0 Å². The van der Waals surface area contributed by atoms with Crippen LogP contribution in [0.2, 0.25) is 0 Å². The minimum absolute atomic E-state index is 0.104. The number of nitrogens with zero attached hydrogens (tertiary/aromatic N) is 2. The highest BCUT2D eigenvalue weighted by Gasteiger charge is 2.25. The Bertz CT molecular complexity index is 563. The van der Waals surface area contributed by atoms with Gasteiger partial charge >= 0.3 is 0 Å². The lowest BCUT2D eigenvalue weighted by Crippen LogP contribution is -2.48. The summed E-state index contributed by atoms with van der Waals surface area (Å²) in [6, 6.07) is 1.83. The number of nitrogens with one attached hydrogen (secondary N) is 1. The average Bonchev–Trinajstić information content (AvgIpc) is 2.86. The molecule has 2 N–H and O–H groups in total. The number of rotatable bonds is 4. The van der Waals surface area contributed by atoms with Crippen molar-refractivity contribution < 1.29 is 9.90 Å². The highest BCUT2D eigenvalue weighted by atomic mass is 32.1. The number of carbonyl (C=O) groups excluding carboxylic acids is 1. The smallest absolute Gasteiger partial charge is 0.271 e. The molecule has 96 valence electrons. The Kier molecular flexibility index (Phi) is 3.58. The topological polar surface area (TPSA) is 75.1 Å². The molecule has 2 rings (SSSR count). The molecule has 0 bridgehead atoms. The van der Waals surface area contributed by atoms with E-state index in [9.17, 15) is 9.90 Å². The molecule has 0 aliphatic carbocycles. The van der Waals surface area contributed by atoms with Gasteiger partial charge in [-0.25, -0.2) is 9.97 Å². The Labute approximate surface area is 109 Å². The van der Waals surface area contributed by atoms with Gasteiger partial charge in [-0.3, -0.25) is 4.79 Å². The molecule has 0 saturated heterocycles. The van der Waals surface area contributed by atoms with Gasteiger partial charge < -0.3 is 10.4 Å². The Morgan fingerprint density at radius 2 is 2.33 bits per heavy atom. The summed E-state index contributed by atoms with van der Waals surface area (Å²) in [6.45, 7) is 3.61. The van der Waals surface area contributed by atoms with Gasteiger partial charge in [-0.15, -0.1) is 11.3 Å². The maximum absolute atomic E-state index is 12.2. The molecule has 5 nitrogen and oxygen atoms in total. The van der Waals surface area contributed by atoms with Crippen LogP contribution in [0.15, 0.2) is 17.8 Å². The van der Waals surface area contributed by atoms with Crippen molar-refractivity contribution in [3.8, 4) is 0 Å². The number of fused-ring (bicyclic) bond motifs is 1. The molecule has 2 aromatic rings. The van der Waals surface area contributed by atoms with E-state index < -0.39 is 5.54 Å². The molecule has 0 radical (unpaired) electrons. The zero-order valence-electron chi connectivity index (χ0n) is 10.3. The van der Waals surface area contributed by atoms with Gasteiger partial charge in [0.25, 0.3) is 5.91 Å². The van der Waals surface area contributed by atoms with E-state index in [-0.39, 0.29) is 12.5 Å². The molecule has 2 heterocycles. The van der Waals surface area contributed by atoms with Crippen LogP contribution < -0.4 is 5.32 Å². The molecule has 0 saturated carbocycles. The molecule has 0 fully saturated rings. The zero-order valence-corrected chi connectivity index (χ0v) is 11.1. The monoisotopic (exact) mass is 265 g/mol. The van der Waals surface area contributed by atoms with Crippen molar-refractivity contribution in [2.75, 3.05) is 6.61 Å². The first kappa shape index (κ1) is 12.9. The lowest BCUT2D eigenvalue weighted by atomic mass is 10.00. The van der Waals surface area contributed by atoms with Gasteiger partial charge in [-0.2, -0.15) is 0 Å². The molecule has 0 aliphatic rings. The standard InChI is InChI=1S/C12H15N3O2S/c1-3-12(2,6-16)15-10(17)9-8-4-5-18-11(8)14-7-13-9/h4-5,7,16H,3,6H2,1-2H3,(H,15,17). The van der Waals surface area contributed by atoms with E-state index in [4.69, 9.17) is 0 Å². The average molecular weight is 265 g/mol. The molecule has 6 heteroatoms. The van der Waals surface area contributed by atoms with E-state index >= 15 is 0 Å². The first-order chi connectivity index (χ1) is 8.59. The Morgan fingerprint density at radius 1 is 1.56 bits per heavy atom. The normalized spacial score (nSPS) is 14.4. The van der Waals surface area contributed by atoms with Crippen LogP contribution in [0.4, 0.5) is 0 Å². The van der Waals surface area contributed by atoms with Crippen LogP contribution in [-0.2, 0) is 0 Å². The number of aliphatic hydroxyl groups excluding tert-OH is 1. The number of carbonyl (C=O) groups is 1. The minimum atomic E-state index is -0.621. The number of aromatic nitrogens is 2. The van der Waals surface area contributed by atoms with Gasteiger partial charge in [-0.05, 0) is 24.8 Å². The first-order valence-corrected chi connectivity index (χ1v) is 6.59. The zero-order chi connectivity index (χ0) is 13.2. The molecule has 1 unspecified atom stereocenters. The fraction of sp³-hybridized carbons (Fsp3) is 0.417. The number of thiophene rings is 1. The third-order valence-electron chi connectivity index (χ3n) is 3.02. The summed E-state index contributed by atoms with van der Waals surface area (Å²) in [5, 5.41) is 14.7. The van der Waals surface area contributed by atoms with Crippen LogP contribution in [0.25, 0.3) is 10.2 Å². The molecular formula is C12H15N3O2S. The second-order valence-electron chi connectivity index (χ2n) is 4.39. The third-order valence-corrected chi connectivity index (χ3v) is 3.84. The molecule has 1 amide bonds. The van der Waals surface area contributed by atoms with Crippen LogP contribution in [0.1, 0.15) is 30.8 Å². The lowest BCUT2D eigenvalue weighted by Gasteiger charge is -2.26. The number of hydrogen-bond acceptors (Lipinski definition) is 5. The highest BCUT2D eigenvalue weighted by molar-refractivity contribution is 7.16. The summed E-state index contributed by atoms with van der Waals surface area (Å²) in [5.74, 6) is -0.279. The predicted octanol–water partition coefficient (Wildman–Crippen LogP) is 1.58. The summed E-state index contributed by atoms with van der Waals surface area (Å²) < 4.78 is 0. The third kappa shape index (κ3) is 2.34. The van der Waals surface area contributed by atoms with Crippen molar-refractivity contribution in [1.29, 1.82) is 0 Å². The van der Waals surface area contributed by atoms with Gasteiger partial charge in [0.2, 0.25) is 0 Å². The van der Waals surface area contributed by atoms with Gasteiger partial charge in [0.05, 0.1) is 12.1 Å². The molecule has 0 aliphatic heterocycles. The maximum atomic E-state index is 12.2. The number of hydrogen-bond donors (Lipinski definition) is 2. The van der Waals surface area contributed by atoms with Crippen LogP contribution in [0.5, 0.6) is 0 Å². The molecule has 0 spiro atoms. The van der Waals surface area contributed by atoms with Crippen LogP contribution in [0.3, 0.4) is 0 Å². The van der Waals surface area contributed by atoms with Crippen molar-refractivity contribution in [3.63, 3.8) is 0 Å². The van der Waals surface area contributed by atoms with Crippen LogP contribution >= 0.6 is 11.3 Å². The fourth-order valence-electron chi connectivity index (χ4n) is 1.54. The van der Waals surface area contributed by atoms with E-state index in [0.717, 1.165) is 10.2 Å². The molecular weight excluding hydrogens is 250 g/mol. The van der Waals surface area contributed by atoms with Crippen LogP contribution in [-0.4, -0.2) is 33.1 Å². The minimum Gasteiger partial charge on any atom is -0.394 e. The van der Waals surface area contributed by atoms with Crippen molar-refractivity contribution in [2.24, 2.45) is 0 Å². The van der Waals surface area contributed by atoms with Gasteiger partial charge in [0.15, 0.2) is 0 Å². The Hall–Kier alpha value is -1.53. The Morgan fingerprint density at radius 3 is 3.00 bits per heavy atom. The van der Waals surface area contributed by atoms with Gasteiger partial charge in [0.1, 0.15) is 16.9 Å². The molecule has 1 atom stereocenters. The first-order valence-electron chi connectivity index (χ1n) is 5.71. The van der Waals surface area contributed by atoms with E-state index in [0.29, 0.717) is 12.1 Å². The van der Waals surface area contributed by atoms with E-state index in [2.05, 4.69) is 15.3 Å². The quantitative estimate of drug-likeness (QED) is 0.880. The van der Waals surface area contributed by atoms with Crippen molar-refractivity contribution in [3.05, 3.63) is 23.5 Å². The summed E-state index contributed by atoms with van der Waals surface area (Å²) in [4.78, 5) is 21.1. The summed E-state index contributed by atoms with van der Waals surface area (Å²) >= 11 is 1.47. The van der Waals surface area contributed by atoms with Gasteiger partial charge in [-0.1, -0.05) is 6.92 Å².